The fourth-order valence-corrected chi connectivity index (χ4v) is 4.22. The van der Waals surface area contributed by atoms with Gasteiger partial charge in [0.15, 0.2) is 5.78 Å². The van der Waals surface area contributed by atoms with E-state index in [9.17, 15) is 4.79 Å². The van der Waals surface area contributed by atoms with Crippen LogP contribution in [0.15, 0.2) is 6.07 Å². The minimum Gasteiger partial charge on any atom is -0.349 e. The Morgan fingerprint density at radius 1 is 1.40 bits per heavy atom. The van der Waals surface area contributed by atoms with Crippen molar-refractivity contribution in [1.82, 2.24) is 9.47 Å². The Labute approximate surface area is 126 Å². The average molecular weight is 294 g/mol. The molecule has 1 aliphatic heterocycles. The second-order valence-electron chi connectivity index (χ2n) is 5.74. The molecule has 2 unspecified atom stereocenters. The number of hydrogen-bond acceptors (Lipinski definition) is 3. The second-order valence-corrected chi connectivity index (χ2v) is 7.22. The summed E-state index contributed by atoms with van der Waals surface area (Å²) in [6.45, 7) is 13.3. The predicted octanol–water partition coefficient (Wildman–Crippen LogP) is 3.13. The van der Waals surface area contributed by atoms with Crippen LogP contribution in [0.4, 0.5) is 0 Å². The number of Topliss-reactive ketones (excluding diaryl/α,β-unsaturated/α-hetero) is 1. The predicted molar refractivity (Wildman–Crippen MR) is 86.9 cm³/mol. The maximum atomic E-state index is 12.6. The highest BCUT2D eigenvalue weighted by atomic mass is 32.2. The molecule has 1 aromatic heterocycles. The van der Waals surface area contributed by atoms with E-state index in [-0.39, 0.29) is 5.78 Å². The molecule has 112 valence electrons. The Hall–Kier alpha value is -0.740. The van der Waals surface area contributed by atoms with Gasteiger partial charge in [-0.05, 0) is 33.8 Å². The first-order chi connectivity index (χ1) is 9.45. The zero-order chi connectivity index (χ0) is 14.9. The van der Waals surface area contributed by atoms with Crippen LogP contribution < -0.4 is 0 Å². The van der Waals surface area contributed by atoms with Crippen LogP contribution >= 0.6 is 11.8 Å². The van der Waals surface area contributed by atoms with Crippen molar-refractivity contribution in [3.63, 3.8) is 0 Å². The van der Waals surface area contributed by atoms with Crippen LogP contribution in [-0.4, -0.2) is 45.4 Å². The van der Waals surface area contributed by atoms with Crippen LogP contribution in [0.3, 0.4) is 0 Å². The molecule has 0 spiro atoms. The third kappa shape index (κ3) is 2.96. The molecule has 0 amide bonds. The van der Waals surface area contributed by atoms with Crippen LogP contribution in [-0.2, 0) is 6.54 Å². The van der Waals surface area contributed by atoms with Gasteiger partial charge in [0, 0.05) is 47.1 Å². The number of ketones is 1. The van der Waals surface area contributed by atoms with Crippen molar-refractivity contribution < 1.29 is 4.79 Å². The maximum Gasteiger partial charge on any atom is 0.178 e. The average Bonchev–Trinajstić information content (AvgIpc) is 2.70. The van der Waals surface area contributed by atoms with Crippen LogP contribution in [0.5, 0.6) is 0 Å². The van der Waals surface area contributed by atoms with Crippen LogP contribution in [0.1, 0.15) is 42.5 Å². The molecule has 1 fully saturated rings. The van der Waals surface area contributed by atoms with Gasteiger partial charge in [-0.1, -0.05) is 6.92 Å². The minimum atomic E-state index is 0.267. The van der Waals surface area contributed by atoms with Gasteiger partial charge in [0.1, 0.15) is 0 Å². The van der Waals surface area contributed by atoms with Gasteiger partial charge in [-0.25, -0.2) is 0 Å². The number of thioether (sulfide) groups is 1. The van der Waals surface area contributed by atoms with E-state index in [2.05, 4.69) is 44.1 Å². The largest absolute Gasteiger partial charge is 0.349 e. The Kier molecular flexibility index (Phi) is 4.97. The summed E-state index contributed by atoms with van der Waals surface area (Å²) in [6, 6.07) is 2.53. The number of aryl methyl sites for hydroxylation is 1. The van der Waals surface area contributed by atoms with Crippen molar-refractivity contribution in [3.05, 3.63) is 23.0 Å². The quantitative estimate of drug-likeness (QED) is 0.798. The van der Waals surface area contributed by atoms with Gasteiger partial charge in [0.2, 0.25) is 0 Å². The molecule has 0 N–H and O–H groups in total. The zero-order valence-corrected chi connectivity index (χ0v) is 14.1. The molecule has 1 aromatic rings. The Balaban J connectivity index is 2.12. The first-order valence-electron chi connectivity index (χ1n) is 7.51. The third-order valence-electron chi connectivity index (χ3n) is 4.55. The molecule has 0 radical (unpaired) electrons. The molecule has 0 bridgehead atoms. The van der Waals surface area contributed by atoms with Crippen molar-refractivity contribution in [2.45, 2.75) is 52.5 Å². The fraction of sp³-hybridized carbons (Fsp3) is 0.688. The highest BCUT2D eigenvalue weighted by Gasteiger charge is 2.27. The molecule has 0 aromatic carbocycles. The van der Waals surface area contributed by atoms with E-state index in [1.54, 1.807) is 0 Å². The normalized spacial score (nSPS) is 24.1. The summed E-state index contributed by atoms with van der Waals surface area (Å²) >= 11 is 2.01. The first kappa shape index (κ1) is 15.6. The molecule has 3 nitrogen and oxygen atoms in total. The van der Waals surface area contributed by atoms with Gasteiger partial charge in [0.05, 0.1) is 6.54 Å². The summed E-state index contributed by atoms with van der Waals surface area (Å²) in [5.41, 5.74) is 3.20. The third-order valence-corrected chi connectivity index (χ3v) is 5.89. The van der Waals surface area contributed by atoms with Crippen molar-refractivity contribution in [3.8, 4) is 0 Å². The molecule has 20 heavy (non-hydrogen) atoms. The topological polar surface area (TPSA) is 25.2 Å². The van der Waals surface area contributed by atoms with E-state index in [4.69, 9.17) is 0 Å². The smallest absolute Gasteiger partial charge is 0.178 e. The van der Waals surface area contributed by atoms with E-state index >= 15 is 0 Å². The molecule has 1 saturated heterocycles. The zero-order valence-electron chi connectivity index (χ0n) is 13.3. The van der Waals surface area contributed by atoms with Gasteiger partial charge in [-0.3, -0.25) is 9.69 Å². The lowest BCUT2D eigenvalue weighted by atomic mass is 10.1. The molecule has 4 heteroatoms. The molecule has 1 aliphatic rings. The highest BCUT2D eigenvalue weighted by Crippen LogP contribution is 2.25. The number of carbonyl (C=O) groups is 1. The Morgan fingerprint density at radius 2 is 2.10 bits per heavy atom. The van der Waals surface area contributed by atoms with Gasteiger partial charge in [-0.2, -0.15) is 11.8 Å². The summed E-state index contributed by atoms with van der Waals surface area (Å²) in [5, 5.41) is 0.611. The molecule has 0 aliphatic carbocycles. The highest BCUT2D eigenvalue weighted by molar-refractivity contribution is 8.00. The summed E-state index contributed by atoms with van der Waals surface area (Å²) in [4.78, 5) is 14.9. The molecule has 2 atom stereocenters. The number of carbonyl (C=O) groups excluding carboxylic acids is 1. The standard InChI is InChI=1S/C16H26N2OS/c1-6-18-11(2)9-15(13(18)4)16(19)10-17-7-8-20-14(5)12(17)3/h9,12,14H,6-8,10H2,1-5H3. The lowest BCUT2D eigenvalue weighted by molar-refractivity contribution is 0.0901. The van der Waals surface area contributed by atoms with Gasteiger partial charge in [0.25, 0.3) is 0 Å². The van der Waals surface area contributed by atoms with Crippen LogP contribution in [0.25, 0.3) is 0 Å². The van der Waals surface area contributed by atoms with E-state index in [0.29, 0.717) is 17.8 Å². The summed E-state index contributed by atoms with van der Waals surface area (Å²) in [7, 11) is 0. The van der Waals surface area contributed by atoms with E-state index < -0.39 is 0 Å². The Bertz CT molecular complexity index is 495. The van der Waals surface area contributed by atoms with Crippen LogP contribution in [0, 0.1) is 13.8 Å². The van der Waals surface area contributed by atoms with Crippen molar-refractivity contribution in [2.24, 2.45) is 0 Å². The van der Waals surface area contributed by atoms with Crippen molar-refractivity contribution >= 4 is 17.5 Å². The summed E-state index contributed by atoms with van der Waals surface area (Å²) in [5.74, 6) is 1.40. The van der Waals surface area contributed by atoms with Gasteiger partial charge < -0.3 is 4.57 Å². The van der Waals surface area contributed by atoms with E-state index in [1.165, 1.54) is 5.69 Å². The number of rotatable bonds is 4. The second kappa shape index (κ2) is 6.35. The number of hydrogen-bond donors (Lipinski definition) is 0. The molecule has 2 heterocycles. The van der Waals surface area contributed by atoms with E-state index in [0.717, 1.165) is 30.1 Å². The van der Waals surface area contributed by atoms with Gasteiger partial charge in [-0.15, -0.1) is 0 Å². The number of nitrogens with zero attached hydrogens (tertiary/aromatic N) is 2. The SMILES string of the molecule is CCn1c(C)cc(C(=O)CN2CCSC(C)C2C)c1C. The Morgan fingerprint density at radius 3 is 2.70 bits per heavy atom. The summed E-state index contributed by atoms with van der Waals surface area (Å²) < 4.78 is 2.21. The molecular formula is C16H26N2OS. The van der Waals surface area contributed by atoms with Crippen LogP contribution in [0.2, 0.25) is 0 Å². The molecule has 2 rings (SSSR count). The lowest BCUT2D eigenvalue weighted by Gasteiger charge is -2.36. The maximum absolute atomic E-state index is 12.6. The number of aromatic nitrogens is 1. The molecule has 0 saturated carbocycles. The van der Waals surface area contributed by atoms with E-state index in [1.807, 2.05) is 17.8 Å². The first-order valence-corrected chi connectivity index (χ1v) is 8.56. The van der Waals surface area contributed by atoms with Gasteiger partial charge >= 0.3 is 0 Å². The lowest BCUT2D eigenvalue weighted by Crippen LogP contribution is -2.46. The van der Waals surface area contributed by atoms with Crippen molar-refractivity contribution in [1.29, 1.82) is 0 Å². The van der Waals surface area contributed by atoms with Crippen molar-refractivity contribution in [2.75, 3.05) is 18.8 Å². The fourth-order valence-electron chi connectivity index (χ4n) is 3.06. The summed E-state index contributed by atoms with van der Waals surface area (Å²) in [6.07, 6.45) is 0. The molecular weight excluding hydrogens is 268 g/mol. The monoisotopic (exact) mass is 294 g/mol. The minimum absolute atomic E-state index is 0.267.